The van der Waals surface area contributed by atoms with Gasteiger partial charge in [-0.05, 0) is 149 Å². The summed E-state index contributed by atoms with van der Waals surface area (Å²) in [6.07, 6.45) is 0. The van der Waals surface area contributed by atoms with Crippen LogP contribution in [0.3, 0.4) is 0 Å². The van der Waals surface area contributed by atoms with E-state index < -0.39 is 0 Å². The van der Waals surface area contributed by atoms with Crippen molar-refractivity contribution >= 4 is 49.3 Å². The second kappa shape index (κ2) is 37.4. The minimum Gasteiger partial charge on any atom is -0.308 e. The number of para-hydroxylation sites is 1. The number of rotatable bonds is 20. The molecule has 20 heteroatoms. The molecule has 0 fully saturated rings. The van der Waals surface area contributed by atoms with E-state index in [2.05, 4.69) is 111 Å². The Hall–Kier alpha value is -20.9. The third kappa shape index (κ3) is 16.5. The summed E-state index contributed by atoms with van der Waals surface area (Å²) in [7, 11) is 0. The van der Waals surface area contributed by atoms with Gasteiger partial charge in [-0.15, -0.1) is 0 Å². The Morgan fingerprint density at radius 3 is 0.726 bits per heavy atom. The van der Waals surface area contributed by atoms with Crippen molar-refractivity contribution in [3.8, 4) is 228 Å². The van der Waals surface area contributed by atoms with Crippen LogP contribution in [0.5, 0.6) is 0 Å². The van der Waals surface area contributed by atoms with Gasteiger partial charge in [-0.3, -0.25) is 0 Å². The third-order valence-electron chi connectivity index (χ3n) is 26.1. The summed E-state index contributed by atoms with van der Waals surface area (Å²) in [6, 6.07) is 153. The van der Waals surface area contributed by atoms with E-state index in [1.165, 1.54) is 0 Å². The van der Waals surface area contributed by atoms with Crippen molar-refractivity contribution in [1.29, 1.82) is 10.5 Å². The molecule has 0 spiro atoms. The van der Waals surface area contributed by atoms with Gasteiger partial charge in [-0.1, -0.05) is 334 Å². The van der Waals surface area contributed by atoms with E-state index in [0.717, 1.165) is 110 Å². The highest BCUT2D eigenvalue weighted by Gasteiger charge is 2.29. The van der Waals surface area contributed by atoms with Gasteiger partial charge in [0.1, 0.15) is 0 Å². The largest absolute Gasteiger partial charge is 0.308 e. The number of nitriles is 2. The highest BCUT2D eigenvalue weighted by Crippen LogP contribution is 2.47. The Bertz CT molecular complexity index is 8470. The molecule has 0 unspecified atom stereocenters. The lowest BCUT2D eigenvalue weighted by Gasteiger charge is -2.19. The molecule has 0 aliphatic carbocycles. The van der Waals surface area contributed by atoms with Gasteiger partial charge in [0, 0.05) is 105 Å². The smallest absolute Gasteiger partial charge is 0.194 e. The molecular weight excluding hydrogens is 1790 g/mol. The van der Waals surface area contributed by atoms with Gasteiger partial charge < -0.3 is 9.13 Å². The molecule has 0 atom stereocenters. The third-order valence-corrected chi connectivity index (χ3v) is 26.1. The van der Waals surface area contributed by atoms with Gasteiger partial charge in [0.05, 0.1) is 63.3 Å². The van der Waals surface area contributed by atoms with Crippen molar-refractivity contribution in [3.05, 3.63) is 471 Å². The first kappa shape index (κ1) is 86.6. The topological polar surface area (TPSA) is 255 Å². The van der Waals surface area contributed by atoms with Crippen LogP contribution in [0.4, 0.5) is 5.69 Å². The Morgan fingerprint density at radius 2 is 0.418 bits per heavy atom. The van der Waals surface area contributed by atoms with Crippen LogP contribution in [0.2, 0.25) is 0 Å². The molecule has 25 rings (SSSR count). The molecule has 0 bridgehead atoms. The summed E-state index contributed by atoms with van der Waals surface area (Å²) in [5.74, 6) is 6.69. The first-order valence-electron chi connectivity index (χ1n) is 47.5. The minimum absolute atomic E-state index is 0.280. The molecule has 0 aliphatic rings. The van der Waals surface area contributed by atoms with E-state index in [4.69, 9.17) is 81.3 Å². The molecule has 678 valence electrons. The summed E-state index contributed by atoms with van der Waals surface area (Å²) >= 11 is 0. The fraction of sp³-hybridized carbons (Fsp3) is 0. The number of fused-ring (bicyclic) bond motifs is 6. The van der Waals surface area contributed by atoms with E-state index in [1.807, 2.05) is 358 Å². The highest BCUT2D eigenvalue weighted by molar-refractivity contribution is 6.14. The Balaban J connectivity index is 0.758. The van der Waals surface area contributed by atoms with Crippen LogP contribution in [0, 0.1) is 29.2 Å². The van der Waals surface area contributed by atoms with E-state index >= 15 is 0 Å². The quantitative estimate of drug-likeness (QED) is 0.0643. The zero-order valence-corrected chi connectivity index (χ0v) is 77.7. The van der Waals surface area contributed by atoms with Gasteiger partial charge in [-0.25, -0.2) is 79.6 Å². The molecular formula is C126H74N20. The molecule has 7 aromatic heterocycles. The van der Waals surface area contributed by atoms with Crippen molar-refractivity contribution in [3.63, 3.8) is 0 Å². The SMILES string of the molecule is [C-]#[N+]c1ccccc1-c1ccc(-c2nc(-c3ccc(-c4cccc(C#N)c4)cc3)nc(-c3ccc(-c4ccccc4C#N)cc3-n3c4ccc(-c5nc(-c6ccccc6)nc(-c6ccccc6)n5)cc4c4cc(-c5nc(-c6ccccc6)nc(-c6ccccc6)n5)ccc43)n2)c(-n2c3ccc(-c4nc(-c5ccccc5)nc(-c5ccccc5)n4)cc3c3cc(-c4nc(-c5ccccc5)nc(-c5ccccc5)n4)ccc32)c1. The summed E-state index contributed by atoms with van der Waals surface area (Å²) in [5.41, 5.74) is 21.6. The van der Waals surface area contributed by atoms with Crippen LogP contribution in [0.15, 0.2) is 449 Å². The van der Waals surface area contributed by atoms with Crippen molar-refractivity contribution in [2.75, 3.05) is 0 Å². The maximum Gasteiger partial charge on any atom is 0.194 e. The molecule has 7 heterocycles. The van der Waals surface area contributed by atoms with Gasteiger partial charge in [0.2, 0.25) is 0 Å². The van der Waals surface area contributed by atoms with Crippen LogP contribution in [-0.4, -0.2) is 83.9 Å². The minimum atomic E-state index is 0.280. The summed E-state index contributed by atoms with van der Waals surface area (Å²) in [4.78, 5) is 84.6. The number of benzene rings is 18. The molecule has 0 N–H and O–H groups in total. The van der Waals surface area contributed by atoms with Crippen molar-refractivity contribution in [2.24, 2.45) is 0 Å². The monoisotopic (exact) mass is 1870 g/mol. The maximum atomic E-state index is 11.2. The molecule has 0 aliphatic heterocycles. The molecule has 0 saturated carbocycles. The first-order chi connectivity index (χ1) is 72.2. The van der Waals surface area contributed by atoms with Crippen molar-refractivity contribution in [2.45, 2.75) is 0 Å². The van der Waals surface area contributed by atoms with Gasteiger partial charge >= 0.3 is 0 Å². The molecule has 20 nitrogen and oxygen atoms in total. The fourth-order valence-electron chi connectivity index (χ4n) is 19.0. The first-order valence-corrected chi connectivity index (χ1v) is 47.5. The predicted octanol–water partition coefficient (Wildman–Crippen LogP) is 29.1. The van der Waals surface area contributed by atoms with Gasteiger partial charge in [-0.2, -0.15) is 10.5 Å². The average molecular weight is 1870 g/mol. The van der Waals surface area contributed by atoms with Crippen LogP contribution in [0.1, 0.15) is 11.1 Å². The molecule has 0 amide bonds. The lowest BCUT2D eigenvalue weighted by Crippen LogP contribution is -2.06. The molecule has 0 radical (unpaired) electrons. The van der Waals surface area contributed by atoms with Crippen molar-refractivity contribution in [1.82, 2.24) is 83.9 Å². The molecule has 0 saturated heterocycles. The molecule has 18 aromatic carbocycles. The normalized spacial score (nSPS) is 11.3. The summed E-state index contributed by atoms with van der Waals surface area (Å²) in [5, 5.41) is 24.6. The van der Waals surface area contributed by atoms with Crippen LogP contribution < -0.4 is 0 Å². The second-order valence-corrected chi connectivity index (χ2v) is 35.1. The Kier molecular flexibility index (Phi) is 22.2. The Morgan fingerprint density at radius 1 is 0.178 bits per heavy atom. The maximum absolute atomic E-state index is 11.2. The highest BCUT2D eigenvalue weighted by atomic mass is 15.1. The standard InChI is InChI=1S/C126H74N20/c1-129-105-52-29-28-51-98(105)91-58-64-100(111(75-91)146-108-67-61-94(123-138-116(84-40-18-6-19-41-84)132-117(139-123)85-42-20-7-21-43-85)72-103(108)104-73-95(62-68-109(104)146)124-140-118(86-44-22-8-23-45-86)133-119(141-124)87-46-24-9-25-47-87)126-143-120(88-55-53-79(54-56-88)89-49-30-31-78(69-89)76-127)142-125(144-126)99-63-57-90(97-50-27-26-48-96(97)77-128)74-110(99)145-106-65-59-92(121-134-112(80-32-10-2-11-33-80)130-113(135-121)81-34-12-3-13-35-81)70-101(106)102-71-93(60-66-107(102)145)122-136-114(82-36-14-4-15-37-82)131-115(137-122)83-38-16-5-17-39-83/h2-75H. The predicted molar refractivity (Wildman–Crippen MR) is 576 cm³/mol. The number of hydrogen-bond acceptors (Lipinski definition) is 17. The number of hydrogen-bond donors (Lipinski definition) is 0. The Labute approximate surface area is 837 Å². The van der Waals surface area contributed by atoms with E-state index in [-0.39, 0.29) is 11.6 Å². The van der Waals surface area contributed by atoms with Gasteiger partial charge in [0.15, 0.2) is 93.1 Å². The lowest BCUT2D eigenvalue weighted by atomic mass is 9.97. The van der Waals surface area contributed by atoms with E-state index in [0.29, 0.717) is 154 Å². The van der Waals surface area contributed by atoms with E-state index in [9.17, 15) is 10.5 Å². The van der Waals surface area contributed by atoms with Crippen LogP contribution in [0.25, 0.3) is 264 Å². The van der Waals surface area contributed by atoms with Gasteiger partial charge in [0.25, 0.3) is 0 Å². The summed E-state index contributed by atoms with van der Waals surface area (Å²) in [6.45, 7) is 8.73. The zero-order valence-electron chi connectivity index (χ0n) is 77.7. The zero-order chi connectivity index (χ0) is 97.5. The van der Waals surface area contributed by atoms with Crippen molar-refractivity contribution < 1.29 is 0 Å². The fourth-order valence-corrected chi connectivity index (χ4v) is 19.0. The van der Waals surface area contributed by atoms with Crippen LogP contribution in [-0.2, 0) is 0 Å². The van der Waals surface area contributed by atoms with Crippen LogP contribution >= 0.6 is 0 Å². The second-order valence-electron chi connectivity index (χ2n) is 35.1. The lowest BCUT2D eigenvalue weighted by molar-refractivity contribution is 1.06. The van der Waals surface area contributed by atoms with E-state index in [1.54, 1.807) is 6.07 Å². The summed E-state index contributed by atoms with van der Waals surface area (Å²) < 4.78 is 4.49. The molecule has 146 heavy (non-hydrogen) atoms. The number of nitrogens with zero attached hydrogens (tertiary/aromatic N) is 20. The molecule has 25 aromatic rings. The number of aromatic nitrogens is 17. The average Bonchev–Trinajstić information content (AvgIpc) is 1.47.